The molecule has 0 bridgehead atoms. The molecule has 0 amide bonds. The number of methoxy groups -OCH3 is 1. The van der Waals surface area contributed by atoms with Crippen LogP contribution in [0.5, 0.6) is 0 Å². The van der Waals surface area contributed by atoms with Gasteiger partial charge in [-0.1, -0.05) is 67.6 Å². The lowest BCUT2D eigenvalue weighted by molar-refractivity contribution is -0.235. The van der Waals surface area contributed by atoms with Gasteiger partial charge in [-0.15, -0.1) is 0 Å². The molecule has 2 aromatic rings. The third-order valence-corrected chi connectivity index (χ3v) is 5.66. The zero-order chi connectivity index (χ0) is 21.2. The molecule has 0 N–H and O–H groups in total. The largest absolute Gasteiger partial charge is 0.378 e. The number of hydrogen-bond donors (Lipinski definition) is 0. The van der Waals surface area contributed by atoms with Gasteiger partial charge in [0.1, 0.15) is 18.5 Å². The fraction of sp³-hybridized carbons (Fsp3) is 0.480. The van der Waals surface area contributed by atoms with Crippen LogP contribution in [0, 0.1) is 5.92 Å². The van der Waals surface area contributed by atoms with Crippen molar-refractivity contribution < 1.29 is 23.7 Å². The Bertz CT molecular complexity index is 736. The number of carbonyl (C=O) groups excluding carboxylic acids is 1. The highest BCUT2D eigenvalue weighted by Crippen LogP contribution is 2.32. The Hall–Kier alpha value is -2.05. The van der Waals surface area contributed by atoms with Crippen molar-refractivity contribution >= 4 is 6.29 Å². The summed E-state index contributed by atoms with van der Waals surface area (Å²) in [5.41, 5.74) is 2.22. The normalized spacial score (nSPS) is 26.4. The number of aldehydes is 1. The molecule has 5 heteroatoms. The first-order valence-corrected chi connectivity index (χ1v) is 10.6. The van der Waals surface area contributed by atoms with E-state index in [4.69, 9.17) is 18.9 Å². The molecule has 1 aliphatic heterocycles. The van der Waals surface area contributed by atoms with Gasteiger partial charge in [0.25, 0.3) is 0 Å². The Morgan fingerprint density at radius 1 is 0.900 bits per heavy atom. The summed E-state index contributed by atoms with van der Waals surface area (Å²) in [5, 5.41) is 0. The number of rotatable bonds is 11. The molecule has 30 heavy (non-hydrogen) atoms. The molecule has 5 atom stereocenters. The minimum atomic E-state index is -0.268. The molecule has 0 radical (unpaired) electrons. The average Bonchev–Trinajstić information content (AvgIpc) is 2.79. The van der Waals surface area contributed by atoms with Gasteiger partial charge in [0, 0.05) is 19.4 Å². The van der Waals surface area contributed by atoms with Crippen molar-refractivity contribution in [3.05, 3.63) is 71.8 Å². The fourth-order valence-corrected chi connectivity index (χ4v) is 4.03. The predicted molar refractivity (Wildman–Crippen MR) is 115 cm³/mol. The number of hydrogen-bond acceptors (Lipinski definition) is 5. The summed E-state index contributed by atoms with van der Waals surface area (Å²) >= 11 is 0. The Balaban J connectivity index is 1.68. The Morgan fingerprint density at radius 2 is 1.53 bits per heavy atom. The Kier molecular flexibility index (Phi) is 9.02. The molecule has 0 unspecified atom stereocenters. The van der Waals surface area contributed by atoms with Crippen LogP contribution in [-0.2, 0) is 37.0 Å². The van der Waals surface area contributed by atoms with Crippen LogP contribution < -0.4 is 0 Å². The van der Waals surface area contributed by atoms with Gasteiger partial charge < -0.3 is 23.7 Å². The summed E-state index contributed by atoms with van der Waals surface area (Å²) in [6.07, 6.45) is 1.36. The standard InChI is InChI=1S/C25H32O5/c1-19-22(14-9-15-26)30-23(18-28-16-20-10-5-3-6-11-20)25(24(19)27-2)29-17-21-12-7-4-8-13-21/h3-8,10-13,15,19,22-25H,9,14,16-18H2,1-2H3/t19-,22+,23+,24+,25-/m0/s1. The maximum absolute atomic E-state index is 10.9. The molecule has 1 heterocycles. The molecule has 0 saturated carbocycles. The van der Waals surface area contributed by atoms with E-state index in [-0.39, 0.29) is 30.3 Å². The van der Waals surface area contributed by atoms with Crippen molar-refractivity contribution in [1.82, 2.24) is 0 Å². The second-order valence-corrected chi connectivity index (χ2v) is 7.78. The monoisotopic (exact) mass is 412 g/mol. The topological polar surface area (TPSA) is 54.0 Å². The molecule has 0 aliphatic carbocycles. The summed E-state index contributed by atoms with van der Waals surface area (Å²) in [5.74, 6) is 0.112. The molecule has 2 aromatic carbocycles. The van der Waals surface area contributed by atoms with Crippen LogP contribution in [0.3, 0.4) is 0 Å². The SMILES string of the molecule is CO[C@@H]1[C@@H](C)[C@@H](CCC=O)O[C@H](COCc2ccccc2)[C@@H]1OCc1ccccc1. The minimum absolute atomic E-state index is 0.0675. The second-order valence-electron chi connectivity index (χ2n) is 7.78. The van der Waals surface area contributed by atoms with Gasteiger partial charge >= 0.3 is 0 Å². The van der Waals surface area contributed by atoms with E-state index in [2.05, 4.69) is 6.92 Å². The van der Waals surface area contributed by atoms with Gasteiger partial charge in [0.05, 0.1) is 32.0 Å². The van der Waals surface area contributed by atoms with Gasteiger partial charge in [-0.3, -0.25) is 0 Å². The molecule has 1 saturated heterocycles. The summed E-state index contributed by atoms with van der Waals surface area (Å²) in [6.45, 7) is 3.50. The molecule has 5 nitrogen and oxygen atoms in total. The number of ether oxygens (including phenoxy) is 4. The van der Waals surface area contributed by atoms with Crippen LogP contribution in [0.25, 0.3) is 0 Å². The van der Waals surface area contributed by atoms with Crippen LogP contribution >= 0.6 is 0 Å². The summed E-state index contributed by atoms with van der Waals surface area (Å²) in [6, 6.07) is 20.2. The number of carbonyl (C=O) groups is 1. The van der Waals surface area contributed by atoms with Crippen molar-refractivity contribution in [3.63, 3.8) is 0 Å². The van der Waals surface area contributed by atoms with E-state index in [9.17, 15) is 4.79 Å². The quantitative estimate of drug-likeness (QED) is 0.518. The molecule has 3 rings (SSSR count). The molecular formula is C25H32O5. The summed E-state index contributed by atoms with van der Waals surface area (Å²) in [4.78, 5) is 10.9. The van der Waals surface area contributed by atoms with Gasteiger partial charge in [0.2, 0.25) is 0 Å². The van der Waals surface area contributed by atoms with Crippen LogP contribution in [-0.4, -0.2) is 44.4 Å². The Morgan fingerprint density at radius 3 is 2.13 bits per heavy atom. The van der Waals surface area contributed by atoms with E-state index in [1.807, 2.05) is 60.7 Å². The highest BCUT2D eigenvalue weighted by atomic mass is 16.6. The van der Waals surface area contributed by atoms with E-state index in [1.54, 1.807) is 7.11 Å². The molecule has 0 spiro atoms. The lowest BCUT2D eigenvalue weighted by Gasteiger charge is -2.45. The van der Waals surface area contributed by atoms with E-state index in [1.165, 1.54) is 0 Å². The first-order chi connectivity index (χ1) is 14.7. The smallest absolute Gasteiger partial charge is 0.120 e. The molecular weight excluding hydrogens is 380 g/mol. The van der Waals surface area contributed by atoms with E-state index in [0.717, 1.165) is 17.4 Å². The maximum Gasteiger partial charge on any atom is 0.120 e. The van der Waals surface area contributed by atoms with Gasteiger partial charge in [0.15, 0.2) is 0 Å². The molecule has 1 aliphatic rings. The average molecular weight is 413 g/mol. The van der Waals surface area contributed by atoms with Gasteiger partial charge in [-0.2, -0.15) is 0 Å². The van der Waals surface area contributed by atoms with Crippen LogP contribution in [0.15, 0.2) is 60.7 Å². The highest BCUT2D eigenvalue weighted by Gasteiger charge is 2.44. The fourth-order valence-electron chi connectivity index (χ4n) is 4.03. The predicted octanol–water partition coefficient (Wildman–Crippen LogP) is 4.19. The van der Waals surface area contributed by atoms with Crippen molar-refractivity contribution in [2.45, 2.75) is 57.4 Å². The maximum atomic E-state index is 10.9. The van der Waals surface area contributed by atoms with Crippen molar-refractivity contribution in [1.29, 1.82) is 0 Å². The second kappa shape index (κ2) is 12.0. The first kappa shape index (κ1) is 22.6. The highest BCUT2D eigenvalue weighted by molar-refractivity contribution is 5.49. The van der Waals surface area contributed by atoms with E-state index >= 15 is 0 Å². The molecule has 162 valence electrons. The third kappa shape index (κ3) is 6.22. The zero-order valence-corrected chi connectivity index (χ0v) is 17.8. The minimum Gasteiger partial charge on any atom is -0.378 e. The molecule has 1 fully saturated rings. The lowest BCUT2D eigenvalue weighted by atomic mass is 9.86. The van der Waals surface area contributed by atoms with Crippen LogP contribution in [0.2, 0.25) is 0 Å². The first-order valence-electron chi connectivity index (χ1n) is 10.6. The Labute approximate surface area is 179 Å². The van der Waals surface area contributed by atoms with Crippen molar-refractivity contribution in [3.8, 4) is 0 Å². The summed E-state index contributed by atoms with van der Waals surface area (Å²) in [7, 11) is 1.71. The lowest BCUT2D eigenvalue weighted by Crippen LogP contribution is -2.56. The van der Waals surface area contributed by atoms with Crippen molar-refractivity contribution in [2.75, 3.05) is 13.7 Å². The van der Waals surface area contributed by atoms with E-state index < -0.39 is 0 Å². The summed E-state index contributed by atoms with van der Waals surface area (Å²) < 4.78 is 24.5. The van der Waals surface area contributed by atoms with Crippen molar-refractivity contribution in [2.24, 2.45) is 5.92 Å². The zero-order valence-electron chi connectivity index (χ0n) is 17.8. The van der Waals surface area contributed by atoms with E-state index in [0.29, 0.717) is 32.7 Å². The molecule has 0 aromatic heterocycles. The van der Waals surface area contributed by atoms with Crippen LogP contribution in [0.1, 0.15) is 30.9 Å². The van der Waals surface area contributed by atoms with Crippen LogP contribution in [0.4, 0.5) is 0 Å². The third-order valence-electron chi connectivity index (χ3n) is 5.66. The number of benzene rings is 2. The van der Waals surface area contributed by atoms with Gasteiger partial charge in [-0.05, 0) is 17.5 Å². The van der Waals surface area contributed by atoms with Gasteiger partial charge in [-0.25, -0.2) is 0 Å².